The van der Waals surface area contributed by atoms with Crippen LogP contribution in [0, 0.1) is 0 Å². The third-order valence-electron chi connectivity index (χ3n) is 4.13. The van der Waals surface area contributed by atoms with E-state index in [2.05, 4.69) is 25.1 Å². The molecule has 1 aromatic rings. The zero-order chi connectivity index (χ0) is 13.0. The monoisotopic (exact) mass is 247 g/mol. The Bertz CT molecular complexity index is 394. The number of benzene rings is 1. The van der Waals surface area contributed by atoms with Crippen molar-refractivity contribution in [2.45, 2.75) is 57.4 Å². The van der Waals surface area contributed by atoms with Crippen LogP contribution >= 0.6 is 0 Å². The lowest BCUT2D eigenvalue weighted by Crippen LogP contribution is -2.43. The van der Waals surface area contributed by atoms with Gasteiger partial charge in [-0.2, -0.15) is 0 Å². The van der Waals surface area contributed by atoms with Gasteiger partial charge in [-0.25, -0.2) is 0 Å². The molecule has 0 aromatic heterocycles. The van der Waals surface area contributed by atoms with Crippen molar-refractivity contribution in [3.8, 4) is 5.75 Å². The first kappa shape index (κ1) is 13.4. The minimum absolute atomic E-state index is 0.0256. The molecule has 2 rings (SSSR count). The fourth-order valence-electron chi connectivity index (χ4n) is 3.06. The lowest BCUT2D eigenvalue weighted by Gasteiger charge is -2.33. The van der Waals surface area contributed by atoms with E-state index in [0.29, 0.717) is 0 Å². The van der Waals surface area contributed by atoms with E-state index in [1.807, 2.05) is 0 Å². The van der Waals surface area contributed by atoms with E-state index >= 15 is 0 Å². The maximum atomic E-state index is 6.52. The van der Waals surface area contributed by atoms with E-state index in [1.54, 1.807) is 7.11 Å². The summed E-state index contributed by atoms with van der Waals surface area (Å²) < 4.78 is 5.38. The number of nitrogens with two attached hydrogens (primary N) is 1. The van der Waals surface area contributed by atoms with Crippen LogP contribution in [0.5, 0.6) is 5.75 Å². The van der Waals surface area contributed by atoms with Crippen LogP contribution in [0.15, 0.2) is 18.2 Å². The molecule has 0 bridgehead atoms. The summed E-state index contributed by atoms with van der Waals surface area (Å²) in [5.74, 6) is 0.996. The number of hydrogen-bond donors (Lipinski definition) is 1. The average molecular weight is 247 g/mol. The van der Waals surface area contributed by atoms with Crippen LogP contribution in [0.25, 0.3) is 0 Å². The molecule has 0 aliphatic heterocycles. The molecule has 0 unspecified atom stereocenters. The molecule has 0 amide bonds. The molecule has 2 N–H and O–H groups in total. The number of aryl methyl sites for hydroxylation is 1. The van der Waals surface area contributed by atoms with Gasteiger partial charge in [-0.1, -0.05) is 38.3 Å². The van der Waals surface area contributed by atoms with E-state index in [0.717, 1.165) is 18.6 Å². The van der Waals surface area contributed by atoms with Crippen molar-refractivity contribution in [1.82, 2.24) is 0 Å². The minimum Gasteiger partial charge on any atom is -0.496 e. The van der Waals surface area contributed by atoms with Crippen LogP contribution in [0.1, 0.15) is 50.2 Å². The Hall–Kier alpha value is -1.02. The standard InChI is InChI=1S/C16H25NO/c1-3-14-11-13(7-8-15(14)18-2)12-16(17)9-5-4-6-10-16/h7-8,11H,3-6,9-10,12,17H2,1-2H3. The van der Waals surface area contributed by atoms with Gasteiger partial charge in [-0.05, 0) is 42.9 Å². The molecular weight excluding hydrogens is 222 g/mol. The van der Waals surface area contributed by atoms with Gasteiger partial charge in [0.15, 0.2) is 0 Å². The zero-order valence-corrected chi connectivity index (χ0v) is 11.7. The van der Waals surface area contributed by atoms with E-state index in [9.17, 15) is 0 Å². The lowest BCUT2D eigenvalue weighted by atomic mass is 9.78. The quantitative estimate of drug-likeness (QED) is 0.884. The molecular formula is C16H25NO. The fraction of sp³-hybridized carbons (Fsp3) is 0.625. The molecule has 1 saturated carbocycles. The van der Waals surface area contributed by atoms with E-state index in [-0.39, 0.29) is 5.54 Å². The largest absolute Gasteiger partial charge is 0.496 e. The van der Waals surface area contributed by atoms with Crippen LogP contribution in [-0.2, 0) is 12.8 Å². The van der Waals surface area contributed by atoms with Gasteiger partial charge in [0.2, 0.25) is 0 Å². The number of rotatable bonds is 4. The fourth-order valence-corrected chi connectivity index (χ4v) is 3.06. The lowest BCUT2D eigenvalue weighted by molar-refractivity contribution is 0.294. The second-order valence-corrected chi connectivity index (χ2v) is 5.60. The molecule has 100 valence electrons. The van der Waals surface area contributed by atoms with Gasteiger partial charge in [-0.15, -0.1) is 0 Å². The van der Waals surface area contributed by atoms with Crippen LogP contribution in [-0.4, -0.2) is 12.6 Å². The van der Waals surface area contributed by atoms with Crippen molar-refractivity contribution in [3.05, 3.63) is 29.3 Å². The Morgan fingerprint density at radius 3 is 2.56 bits per heavy atom. The molecule has 1 aromatic carbocycles. The Balaban J connectivity index is 2.13. The maximum absolute atomic E-state index is 6.52. The summed E-state index contributed by atoms with van der Waals surface area (Å²) in [6, 6.07) is 6.52. The summed E-state index contributed by atoms with van der Waals surface area (Å²) in [4.78, 5) is 0. The van der Waals surface area contributed by atoms with Gasteiger partial charge in [0.25, 0.3) is 0 Å². The normalized spacial score (nSPS) is 18.6. The summed E-state index contributed by atoms with van der Waals surface area (Å²) in [6.45, 7) is 2.17. The van der Waals surface area contributed by atoms with Crippen molar-refractivity contribution in [2.24, 2.45) is 5.73 Å². The highest BCUT2D eigenvalue weighted by atomic mass is 16.5. The van der Waals surface area contributed by atoms with Gasteiger partial charge in [0.05, 0.1) is 7.11 Å². The number of hydrogen-bond acceptors (Lipinski definition) is 2. The summed E-state index contributed by atoms with van der Waals surface area (Å²) in [7, 11) is 1.74. The van der Waals surface area contributed by atoms with Crippen LogP contribution in [0.3, 0.4) is 0 Å². The Morgan fingerprint density at radius 2 is 1.94 bits per heavy atom. The van der Waals surface area contributed by atoms with E-state index in [4.69, 9.17) is 10.5 Å². The SMILES string of the molecule is CCc1cc(CC2(N)CCCCC2)ccc1OC. The van der Waals surface area contributed by atoms with Crippen molar-refractivity contribution in [2.75, 3.05) is 7.11 Å². The first-order valence-electron chi connectivity index (χ1n) is 7.11. The minimum atomic E-state index is 0.0256. The first-order chi connectivity index (χ1) is 8.67. The van der Waals surface area contributed by atoms with Crippen LogP contribution in [0.2, 0.25) is 0 Å². The molecule has 0 saturated heterocycles. The van der Waals surface area contributed by atoms with Gasteiger partial charge in [0, 0.05) is 5.54 Å². The molecule has 2 nitrogen and oxygen atoms in total. The second kappa shape index (κ2) is 5.75. The van der Waals surface area contributed by atoms with Gasteiger partial charge in [-0.3, -0.25) is 0 Å². The Morgan fingerprint density at radius 1 is 1.22 bits per heavy atom. The smallest absolute Gasteiger partial charge is 0.122 e. The highest BCUT2D eigenvalue weighted by Gasteiger charge is 2.27. The Kier molecular flexibility index (Phi) is 4.28. The third-order valence-corrected chi connectivity index (χ3v) is 4.13. The van der Waals surface area contributed by atoms with Crippen LogP contribution in [0.4, 0.5) is 0 Å². The predicted molar refractivity (Wildman–Crippen MR) is 76.1 cm³/mol. The summed E-state index contributed by atoms with van der Waals surface area (Å²) in [5, 5.41) is 0. The van der Waals surface area contributed by atoms with E-state index in [1.165, 1.54) is 43.2 Å². The van der Waals surface area contributed by atoms with Gasteiger partial charge < -0.3 is 10.5 Å². The molecule has 0 atom stereocenters. The van der Waals surface area contributed by atoms with E-state index < -0.39 is 0 Å². The second-order valence-electron chi connectivity index (χ2n) is 5.60. The molecule has 18 heavy (non-hydrogen) atoms. The molecule has 2 heteroatoms. The predicted octanol–water partition coefficient (Wildman–Crippen LogP) is 3.46. The van der Waals surface area contributed by atoms with Crippen LogP contribution < -0.4 is 10.5 Å². The third kappa shape index (κ3) is 3.05. The van der Waals surface area contributed by atoms with Crippen molar-refractivity contribution < 1.29 is 4.74 Å². The molecule has 1 aliphatic rings. The summed E-state index contributed by atoms with van der Waals surface area (Å²) in [6.07, 6.45) is 8.27. The molecule has 0 spiro atoms. The van der Waals surface area contributed by atoms with Crippen molar-refractivity contribution in [1.29, 1.82) is 0 Å². The zero-order valence-electron chi connectivity index (χ0n) is 11.7. The van der Waals surface area contributed by atoms with Gasteiger partial charge >= 0.3 is 0 Å². The highest BCUT2D eigenvalue weighted by molar-refractivity contribution is 5.38. The summed E-state index contributed by atoms with van der Waals surface area (Å²) in [5.41, 5.74) is 9.19. The molecule has 0 heterocycles. The number of methoxy groups -OCH3 is 1. The van der Waals surface area contributed by atoms with Crippen molar-refractivity contribution in [3.63, 3.8) is 0 Å². The molecule has 1 aliphatic carbocycles. The maximum Gasteiger partial charge on any atom is 0.122 e. The average Bonchev–Trinajstić information content (AvgIpc) is 2.39. The van der Waals surface area contributed by atoms with Gasteiger partial charge in [0.1, 0.15) is 5.75 Å². The molecule has 1 fully saturated rings. The summed E-state index contributed by atoms with van der Waals surface area (Å²) >= 11 is 0. The highest BCUT2D eigenvalue weighted by Crippen LogP contribution is 2.30. The topological polar surface area (TPSA) is 35.2 Å². The van der Waals surface area contributed by atoms with Crippen molar-refractivity contribution >= 4 is 0 Å². The Labute approximate surface area is 111 Å². The molecule has 0 radical (unpaired) electrons. The number of ether oxygens (including phenoxy) is 1. The first-order valence-corrected chi connectivity index (χ1v) is 7.11.